The van der Waals surface area contributed by atoms with Gasteiger partial charge >= 0.3 is 0 Å². The maximum Gasteiger partial charge on any atom is 0.271 e. The van der Waals surface area contributed by atoms with Crippen molar-refractivity contribution in [3.05, 3.63) is 59.7 Å². The molecule has 2 aliphatic heterocycles. The van der Waals surface area contributed by atoms with Crippen LogP contribution in [0.15, 0.2) is 58.5 Å². The Bertz CT molecular complexity index is 1280. The molecule has 10 nitrogen and oxygen atoms in total. The highest BCUT2D eigenvalue weighted by molar-refractivity contribution is 8.15. The lowest BCUT2D eigenvalue weighted by Crippen LogP contribution is -2.47. The fourth-order valence-electron chi connectivity index (χ4n) is 4.37. The Morgan fingerprint density at radius 3 is 2.62 bits per heavy atom. The number of amidine groups is 2. The minimum Gasteiger partial charge on any atom is -0.496 e. The van der Waals surface area contributed by atoms with Crippen LogP contribution in [-0.2, 0) is 25.7 Å². The number of fused-ring (bicyclic) bond motifs is 3. The smallest absolute Gasteiger partial charge is 0.271 e. The van der Waals surface area contributed by atoms with Crippen molar-refractivity contribution in [1.82, 2.24) is 15.5 Å². The molecule has 0 spiro atoms. The summed E-state index contributed by atoms with van der Waals surface area (Å²) in [7, 11) is 3.20. The summed E-state index contributed by atoms with van der Waals surface area (Å²) in [6, 6.07) is 14.0. The van der Waals surface area contributed by atoms with E-state index in [0.29, 0.717) is 54.0 Å². The number of nitrogens with zero attached hydrogens (tertiary/aromatic N) is 3. The highest BCUT2D eigenvalue weighted by atomic mass is 32.2. The quantitative estimate of drug-likeness (QED) is 0.389. The largest absolute Gasteiger partial charge is 0.496 e. The number of hydrogen-bond donors (Lipinski definition) is 2. The van der Waals surface area contributed by atoms with Crippen molar-refractivity contribution >= 4 is 46.2 Å². The van der Waals surface area contributed by atoms with Gasteiger partial charge in [-0.05, 0) is 31.0 Å². The van der Waals surface area contributed by atoms with Crippen LogP contribution in [0.25, 0.3) is 0 Å². The van der Waals surface area contributed by atoms with Crippen molar-refractivity contribution in [2.75, 3.05) is 27.4 Å². The third-order valence-electron chi connectivity index (χ3n) is 6.39. The zero-order chi connectivity index (χ0) is 27.8. The second-order valence-electron chi connectivity index (χ2n) is 9.02. The molecule has 11 heteroatoms. The Balaban J connectivity index is 1.52. The summed E-state index contributed by atoms with van der Waals surface area (Å²) in [4.78, 5) is 49.9. The molecule has 0 aromatic heterocycles. The van der Waals surface area contributed by atoms with E-state index in [4.69, 9.17) is 14.5 Å². The SMILES string of the molecule is CCC(SC1=Nc2ccccc2C2=NC(=O)C(CC(=O)NCc3ccccc3OC)N12)C(=O)NCCCOC. The van der Waals surface area contributed by atoms with Crippen molar-refractivity contribution < 1.29 is 23.9 Å². The first-order chi connectivity index (χ1) is 19.0. The number of nitrogens with one attached hydrogen (secondary N) is 2. The number of carbonyl (C=O) groups is 3. The molecule has 2 aromatic carbocycles. The van der Waals surface area contributed by atoms with Gasteiger partial charge in [0, 0.05) is 37.9 Å². The molecule has 2 aliphatic rings. The molecule has 2 N–H and O–H groups in total. The van der Waals surface area contributed by atoms with E-state index in [0.717, 1.165) is 5.56 Å². The minimum atomic E-state index is -0.862. The molecule has 2 unspecified atom stereocenters. The summed E-state index contributed by atoms with van der Waals surface area (Å²) in [5, 5.41) is 5.87. The monoisotopic (exact) mass is 551 g/mol. The van der Waals surface area contributed by atoms with Crippen LogP contribution in [0, 0.1) is 0 Å². The van der Waals surface area contributed by atoms with Gasteiger partial charge in [-0.2, -0.15) is 4.99 Å². The molecule has 39 heavy (non-hydrogen) atoms. The normalized spacial score (nSPS) is 16.5. The Morgan fingerprint density at radius 2 is 1.85 bits per heavy atom. The number of aliphatic imine (C=N–C) groups is 2. The standard InChI is InChI=1S/C28H33N5O5S/c1-4-23(27(36)29-14-9-15-37-2)39-28-31-20-12-7-6-11-19(20)25-32-26(35)21(33(25)28)16-24(34)30-17-18-10-5-8-13-22(18)38-3/h5-8,10-13,21,23H,4,9,14-17H2,1-3H3,(H,29,36)(H,30,34). The first kappa shape index (κ1) is 28.3. The van der Waals surface area contributed by atoms with E-state index in [1.165, 1.54) is 11.8 Å². The molecule has 0 aliphatic carbocycles. The Morgan fingerprint density at radius 1 is 1.08 bits per heavy atom. The van der Waals surface area contributed by atoms with Gasteiger partial charge in [0.05, 0.1) is 24.5 Å². The number of carbonyl (C=O) groups excluding carboxylic acids is 3. The zero-order valence-electron chi connectivity index (χ0n) is 22.3. The van der Waals surface area contributed by atoms with Crippen LogP contribution in [0.4, 0.5) is 5.69 Å². The lowest BCUT2D eigenvalue weighted by molar-refractivity contribution is -0.126. The van der Waals surface area contributed by atoms with Crippen molar-refractivity contribution in [1.29, 1.82) is 0 Å². The van der Waals surface area contributed by atoms with Crippen LogP contribution < -0.4 is 15.4 Å². The van der Waals surface area contributed by atoms with E-state index in [1.807, 2.05) is 55.5 Å². The average Bonchev–Trinajstić information content (AvgIpc) is 3.28. The van der Waals surface area contributed by atoms with Crippen LogP contribution in [-0.4, -0.2) is 72.3 Å². The number of para-hydroxylation sites is 2. The van der Waals surface area contributed by atoms with Crippen molar-refractivity contribution in [2.45, 2.75) is 44.0 Å². The van der Waals surface area contributed by atoms with Crippen LogP contribution in [0.1, 0.15) is 37.3 Å². The third-order valence-corrected chi connectivity index (χ3v) is 7.72. The van der Waals surface area contributed by atoms with Crippen LogP contribution in [0.3, 0.4) is 0 Å². The lowest BCUT2D eigenvalue weighted by Gasteiger charge is -2.32. The molecule has 0 fully saturated rings. The van der Waals surface area contributed by atoms with Crippen LogP contribution >= 0.6 is 11.8 Å². The highest BCUT2D eigenvalue weighted by Crippen LogP contribution is 2.36. The summed E-state index contributed by atoms with van der Waals surface area (Å²) in [5.41, 5.74) is 2.21. The molecule has 2 heterocycles. The summed E-state index contributed by atoms with van der Waals surface area (Å²) < 4.78 is 10.4. The average molecular weight is 552 g/mol. The number of amides is 3. The Hall–Kier alpha value is -3.70. The highest BCUT2D eigenvalue weighted by Gasteiger charge is 2.43. The molecular weight excluding hydrogens is 518 g/mol. The van der Waals surface area contributed by atoms with Crippen LogP contribution in [0.2, 0.25) is 0 Å². The van der Waals surface area contributed by atoms with Gasteiger partial charge in [0.1, 0.15) is 17.6 Å². The molecule has 0 saturated heterocycles. The van der Waals surface area contributed by atoms with Gasteiger partial charge in [-0.15, -0.1) is 0 Å². The first-order valence-corrected chi connectivity index (χ1v) is 13.8. The fourth-order valence-corrected chi connectivity index (χ4v) is 5.46. The van der Waals surface area contributed by atoms with Gasteiger partial charge in [0.25, 0.3) is 5.91 Å². The number of ether oxygens (including phenoxy) is 2. The van der Waals surface area contributed by atoms with E-state index in [-0.39, 0.29) is 24.8 Å². The molecule has 2 aromatic rings. The van der Waals surface area contributed by atoms with E-state index in [2.05, 4.69) is 15.6 Å². The molecule has 206 valence electrons. The van der Waals surface area contributed by atoms with Crippen molar-refractivity contribution in [3.63, 3.8) is 0 Å². The topological polar surface area (TPSA) is 122 Å². The van der Waals surface area contributed by atoms with Gasteiger partial charge < -0.3 is 20.1 Å². The van der Waals surface area contributed by atoms with Gasteiger partial charge in [-0.3, -0.25) is 19.3 Å². The predicted molar refractivity (Wildman–Crippen MR) is 151 cm³/mol. The zero-order valence-corrected chi connectivity index (χ0v) is 23.1. The number of thioether (sulfide) groups is 1. The third kappa shape index (κ3) is 6.66. The van der Waals surface area contributed by atoms with E-state index in [9.17, 15) is 14.4 Å². The molecule has 3 amide bonds. The lowest BCUT2D eigenvalue weighted by atomic mass is 10.1. The number of benzene rings is 2. The van der Waals surface area contributed by atoms with E-state index < -0.39 is 17.2 Å². The molecule has 0 bridgehead atoms. The maximum absolute atomic E-state index is 13.1. The molecule has 2 atom stereocenters. The molecule has 0 radical (unpaired) electrons. The van der Waals surface area contributed by atoms with E-state index in [1.54, 1.807) is 19.1 Å². The minimum absolute atomic E-state index is 0.108. The molecule has 0 saturated carbocycles. The number of hydrogen-bond acceptors (Lipinski definition) is 8. The first-order valence-electron chi connectivity index (χ1n) is 12.9. The summed E-state index contributed by atoms with van der Waals surface area (Å²) >= 11 is 1.28. The fraction of sp³-hybridized carbons (Fsp3) is 0.393. The molecular formula is C28H33N5O5S. The summed E-state index contributed by atoms with van der Waals surface area (Å²) in [5.74, 6) is 0.285. The Kier molecular flexibility index (Phi) is 9.72. The number of rotatable bonds is 12. The number of methoxy groups -OCH3 is 2. The maximum atomic E-state index is 13.1. The second-order valence-corrected chi connectivity index (χ2v) is 10.2. The van der Waals surface area contributed by atoms with Gasteiger partial charge in [0.2, 0.25) is 11.8 Å². The van der Waals surface area contributed by atoms with Gasteiger partial charge in [-0.25, -0.2) is 4.99 Å². The summed E-state index contributed by atoms with van der Waals surface area (Å²) in [6.45, 7) is 3.25. The van der Waals surface area contributed by atoms with Crippen LogP contribution in [0.5, 0.6) is 5.75 Å². The van der Waals surface area contributed by atoms with Crippen molar-refractivity contribution in [2.24, 2.45) is 9.98 Å². The second kappa shape index (κ2) is 13.4. The van der Waals surface area contributed by atoms with Gasteiger partial charge in [0.15, 0.2) is 5.17 Å². The van der Waals surface area contributed by atoms with Crippen molar-refractivity contribution in [3.8, 4) is 5.75 Å². The predicted octanol–water partition coefficient (Wildman–Crippen LogP) is 3.02. The van der Waals surface area contributed by atoms with Gasteiger partial charge in [-0.1, -0.05) is 49.0 Å². The molecule has 4 rings (SSSR count). The summed E-state index contributed by atoms with van der Waals surface area (Å²) in [6.07, 6.45) is 1.16. The van der Waals surface area contributed by atoms with E-state index >= 15 is 0 Å². The Labute approximate surface area is 232 Å².